The molecule has 0 amide bonds. The second kappa shape index (κ2) is 4.19. The van der Waals surface area contributed by atoms with E-state index in [4.69, 9.17) is 56.6 Å². The van der Waals surface area contributed by atoms with Crippen molar-refractivity contribution in [2.75, 3.05) is 0 Å². The minimum absolute atomic E-state index is 0.226. The summed E-state index contributed by atoms with van der Waals surface area (Å²) in [5, 5.41) is -3.76. The number of hydrogen-bond acceptors (Lipinski definition) is 3. The maximum absolute atomic E-state index is 10.9. The van der Waals surface area contributed by atoms with Crippen LogP contribution in [0.15, 0.2) is 18.2 Å². The third-order valence-corrected chi connectivity index (χ3v) is 2.87. The van der Waals surface area contributed by atoms with E-state index < -0.39 is 16.0 Å². The Labute approximate surface area is 119 Å². The monoisotopic (exact) mass is 238 g/mol. The van der Waals surface area contributed by atoms with Gasteiger partial charge in [-0.05, 0) is 12.1 Å². The fourth-order valence-electron chi connectivity index (χ4n) is 1.64. The van der Waals surface area contributed by atoms with E-state index in [0.717, 1.165) is 0 Å². The van der Waals surface area contributed by atoms with Crippen LogP contribution in [0.1, 0.15) is 5.56 Å². The zero-order chi connectivity index (χ0) is 14.5. The van der Waals surface area contributed by atoms with E-state index in [2.05, 4.69) is 0 Å². The van der Waals surface area contributed by atoms with Crippen LogP contribution in [0.5, 0.6) is 11.5 Å². The first-order chi connectivity index (χ1) is 8.59. The van der Waals surface area contributed by atoms with Crippen LogP contribution in [0.2, 0.25) is 5.21 Å². The fraction of sp³-hybridized carbons (Fsp3) is 0.300. The Balaban J connectivity index is 2.42. The molecule has 1 aliphatic rings. The quantitative estimate of drug-likeness (QED) is 0.476. The van der Waals surface area contributed by atoms with Crippen molar-refractivity contribution in [3.8, 4) is 11.5 Å². The molecular formula is C10H4B6O3. The summed E-state index contributed by atoms with van der Waals surface area (Å²) in [4.78, 5) is 10.9. The normalized spacial score (nSPS) is 17.1. The first-order valence-electron chi connectivity index (χ1n) is 5.31. The summed E-state index contributed by atoms with van der Waals surface area (Å²) >= 11 is 0. The van der Waals surface area contributed by atoms with Crippen molar-refractivity contribution >= 4 is 53.4 Å². The molecule has 0 saturated carbocycles. The van der Waals surface area contributed by atoms with Gasteiger partial charge in [0.1, 0.15) is 6.29 Å². The van der Waals surface area contributed by atoms with Crippen molar-refractivity contribution < 1.29 is 14.3 Å². The van der Waals surface area contributed by atoms with Crippen LogP contribution in [0.25, 0.3) is 0 Å². The van der Waals surface area contributed by atoms with Gasteiger partial charge >= 0.3 is 0 Å². The molecule has 12 radical (unpaired) electrons. The Kier molecular flexibility index (Phi) is 3.15. The van der Waals surface area contributed by atoms with Gasteiger partial charge in [0.25, 0.3) is 0 Å². The standard InChI is InChI=1S/C10H4B6O3/c11-8(12,4-17)9(13,14)5-1-2-6-7(3-5)19-10(15,16)18-6/h1-4H. The summed E-state index contributed by atoms with van der Waals surface area (Å²) in [5.41, 5.74) is -1.50. The number of hydrogen-bond donors (Lipinski definition) is 0. The Bertz CT molecular complexity index is 528. The number of rotatable bonds is 3. The van der Waals surface area contributed by atoms with Crippen molar-refractivity contribution in [1.82, 2.24) is 0 Å². The van der Waals surface area contributed by atoms with Crippen LogP contribution in [0, 0.1) is 0 Å². The molecule has 0 spiro atoms. The third-order valence-electron chi connectivity index (χ3n) is 2.87. The highest BCUT2D eigenvalue weighted by Gasteiger charge is 2.38. The molecule has 1 aromatic rings. The molecule has 80 valence electrons. The van der Waals surface area contributed by atoms with Gasteiger partial charge in [-0.2, -0.15) is 0 Å². The molecule has 0 atom stereocenters. The van der Waals surface area contributed by atoms with Gasteiger partial charge < -0.3 is 14.3 Å². The number of carbonyl (C=O) groups excluding carboxylic acids is 1. The first-order valence-corrected chi connectivity index (χ1v) is 5.31. The molecule has 1 aliphatic heterocycles. The summed E-state index contributed by atoms with van der Waals surface area (Å²) in [6.07, 6.45) is 0.272. The smallest absolute Gasteiger partial charge is 0.175 e. The van der Waals surface area contributed by atoms with Gasteiger partial charge in [0.2, 0.25) is 0 Å². The molecule has 0 bridgehead atoms. The molecule has 3 nitrogen and oxygen atoms in total. The Morgan fingerprint density at radius 1 is 1.05 bits per heavy atom. The van der Waals surface area contributed by atoms with Gasteiger partial charge in [-0.25, -0.2) is 0 Å². The molecule has 0 aromatic heterocycles. The van der Waals surface area contributed by atoms with E-state index in [-0.39, 0.29) is 17.6 Å². The van der Waals surface area contributed by atoms with E-state index in [1.54, 1.807) is 0 Å². The first kappa shape index (κ1) is 14.3. The van der Waals surface area contributed by atoms with E-state index in [0.29, 0.717) is 5.75 Å². The lowest BCUT2D eigenvalue weighted by Gasteiger charge is -2.40. The molecule has 0 saturated heterocycles. The lowest BCUT2D eigenvalue weighted by atomic mass is 9.28. The summed E-state index contributed by atoms with van der Waals surface area (Å²) in [6.45, 7) is 0. The Morgan fingerprint density at radius 3 is 2.21 bits per heavy atom. The number of aldehydes is 1. The highest BCUT2D eigenvalue weighted by molar-refractivity contribution is 6.59. The summed E-state index contributed by atoms with van der Waals surface area (Å²) in [5.74, 6) is 0.541. The van der Waals surface area contributed by atoms with Crippen molar-refractivity contribution in [3.05, 3.63) is 23.8 Å². The number of ether oxygens (including phenoxy) is 2. The van der Waals surface area contributed by atoms with Crippen LogP contribution in [-0.4, -0.2) is 58.9 Å². The van der Waals surface area contributed by atoms with Gasteiger partial charge in [-0.1, -0.05) is 22.1 Å². The Hall–Kier alpha value is -1.12. The molecule has 19 heavy (non-hydrogen) atoms. The largest absolute Gasteiger partial charge is 0.468 e. The van der Waals surface area contributed by atoms with Gasteiger partial charge in [0.05, 0.1) is 31.4 Å². The lowest BCUT2D eigenvalue weighted by Crippen LogP contribution is -2.43. The van der Waals surface area contributed by atoms with E-state index in [1.165, 1.54) is 18.2 Å². The SMILES string of the molecule is [B]C1([B])Oc2ccc(C([B])([B])C([B])([B])C=O)cc2O1. The highest BCUT2D eigenvalue weighted by Crippen LogP contribution is 2.43. The summed E-state index contributed by atoms with van der Waals surface area (Å²) < 4.78 is 10.2. The summed E-state index contributed by atoms with van der Waals surface area (Å²) in [7, 11) is 33.7. The molecule has 0 fully saturated rings. The molecule has 0 unspecified atom stereocenters. The molecule has 9 heteroatoms. The van der Waals surface area contributed by atoms with Crippen molar-refractivity contribution in [3.63, 3.8) is 0 Å². The van der Waals surface area contributed by atoms with Crippen LogP contribution in [0.4, 0.5) is 0 Å². The zero-order valence-electron chi connectivity index (χ0n) is 10.00. The van der Waals surface area contributed by atoms with Crippen LogP contribution in [-0.2, 0) is 10.0 Å². The van der Waals surface area contributed by atoms with Gasteiger partial charge in [-0.15, -0.1) is 0 Å². The molecule has 0 N–H and O–H groups in total. The van der Waals surface area contributed by atoms with Crippen molar-refractivity contribution in [1.29, 1.82) is 0 Å². The maximum atomic E-state index is 10.9. The highest BCUT2D eigenvalue weighted by atomic mass is 16.7. The average molecular weight is 237 g/mol. The van der Waals surface area contributed by atoms with E-state index >= 15 is 0 Å². The van der Waals surface area contributed by atoms with Crippen molar-refractivity contribution in [2.24, 2.45) is 0 Å². The molecule has 0 aliphatic carbocycles. The number of benzene rings is 1. The minimum Gasteiger partial charge on any atom is -0.468 e. The van der Waals surface area contributed by atoms with E-state index in [1.807, 2.05) is 0 Å². The van der Waals surface area contributed by atoms with Gasteiger partial charge in [0, 0.05) is 0 Å². The summed E-state index contributed by atoms with van der Waals surface area (Å²) in [6, 6.07) is 4.39. The molecular weight excluding hydrogens is 233 g/mol. The molecule has 1 aromatic carbocycles. The molecule has 1 heterocycles. The predicted molar refractivity (Wildman–Crippen MR) is 75.4 cm³/mol. The lowest BCUT2D eigenvalue weighted by molar-refractivity contribution is -0.108. The van der Waals surface area contributed by atoms with Crippen LogP contribution in [0.3, 0.4) is 0 Å². The van der Waals surface area contributed by atoms with Gasteiger partial charge in [0.15, 0.2) is 32.8 Å². The predicted octanol–water partition coefficient (Wildman–Crippen LogP) is -1.45. The second-order valence-electron chi connectivity index (χ2n) is 4.51. The number of fused-ring (bicyclic) bond motifs is 1. The molecule has 2 rings (SSSR count). The van der Waals surface area contributed by atoms with Crippen LogP contribution >= 0.6 is 0 Å². The van der Waals surface area contributed by atoms with E-state index in [9.17, 15) is 4.79 Å². The topological polar surface area (TPSA) is 35.5 Å². The van der Waals surface area contributed by atoms with Crippen LogP contribution < -0.4 is 9.47 Å². The van der Waals surface area contributed by atoms with Crippen molar-refractivity contribution in [2.45, 2.75) is 16.0 Å². The third kappa shape index (κ3) is 2.35. The average Bonchev–Trinajstić information content (AvgIpc) is 2.61. The van der Waals surface area contributed by atoms with Gasteiger partial charge in [-0.3, -0.25) is 0 Å². The second-order valence-corrected chi connectivity index (χ2v) is 4.51. The fourth-order valence-corrected chi connectivity index (χ4v) is 1.64. The maximum Gasteiger partial charge on any atom is 0.175 e. The number of carbonyl (C=O) groups is 1. The Morgan fingerprint density at radius 2 is 1.63 bits per heavy atom. The minimum atomic E-state index is -1.96. The zero-order valence-corrected chi connectivity index (χ0v) is 10.00.